The third-order valence-electron chi connectivity index (χ3n) is 4.32. The van der Waals surface area contributed by atoms with Crippen LogP contribution in [0.2, 0.25) is 0 Å². The van der Waals surface area contributed by atoms with Gasteiger partial charge in [0, 0.05) is 39.6 Å². The van der Waals surface area contributed by atoms with Crippen LogP contribution in [-0.4, -0.2) is 69.6 Å². The minimum atomic E-state index is -0.203. The van der Waals surface area contributed by atoms with Crippen molar-refractivity contribution in [2.75, 3.05) is 43.5 Å². The predicted molar refractivity (Wildman–Crippen MR) is 95.2 cm³/mol. The Balaban J connectivity index is 1.28. The fraction of sp³-hybridized carbons (Fsp3) is 0.375. The van der Waals surface area contributed by atoms with Crippen LogP contribution in [0.1, 0.15) is 10.5 Å². The van der Waals surface area contributed by atoms with E-state index >= 15 is 0 Å². The van der Waals surface area contributed by atoms with Crippen molar-refractivity contribution in [3.05, 3.63) is 36.3 Å². The van der Waals surface area contributed by atoms with Crippen LogP contribution in [0.5, 0.6) is 0 Å². The maximum Gasteiger partial charge on any atom is 0.271 e. The molecule has 0 unspecified atom stereocenters. The molecule has 134 valence electrons. The Hall–Kier alpha value is -3.30. The summed E-state index contributed by atoms with van der Waals surface area (Å²) in [5, 5.41) is 23.1. The number of hydrogen-bond acceptors (Lipinski definition) is 8. The van der Waals surface area contributed by atoms with Crippen molar-refractivity contribution in [1.29, 1.82) is 0 Å². The molecule has 1 amide bonds. The summed E-state index contributed by atoms with van der Waals surface area (Å²) < 4.78 is 1.65. The number of amides is 1. The molecular weight excluding hydrogens is 334 g/mol. The predicted octanol–water partition coefficient (Wildman–Crippen LogP) is -0.153. The van der Waals surface area contributed by atoms with E-state index in [-0.39, 0.29) is 5.91 Å². The molecule has 1 saturated heterocycles. The molecule has 1 N–H and O–H groups in total. The molecule has 0 aromatic carbocycles. The topological polar surface area (TPSA) is 104 Å². The van der Waals surface area contributed by atoms with E-state index in [1.165, 1.54) is 0 Å². The standard InChI is InChI=1S/C16H19N9O/c1-23(2)13-4-3-12(19-21-13)16(26)17-7-11-8-24(9-11)15-6-5-14-20-18-10-25(14)22-15/h3-6,10-11H,7-9H2,1-2H3,(H,17,26). The molecule has 4 heterocycles. The lowest BCUT2D eigenvalue weighted by Crippen LogP contribution is -2.52. The minimum Gasteiger partial charge on any atom is -0.361 e. The minimum absolute atomic E-state index is 0.203. The summed E-state index contributed by atoms with van der Waals surface area (Å²) in [6.07, 6.45) is 1.58. The molecule has 3 aromatic heterocycles. The number of fused-ring (bicyclic) bond motifs is 1. The number of rotatable bonds is 5. The third-order valence-corrected chi connectivity index (χ3v) is 4.32. The molecule has 0 aliphatic carbocycles. The van der Waals surface area contributed by atoms with Gasteiger partial charge >= 0.3 is 0 Å². The van der Waals surface area contributed by atoms with E-state index in [0.29, 0.717) is 24.0 Å². The number of carbonyl (C=O) groups excluding carboxylic acids is 1. The van der Waals surface area contributed by atoms with Crippen molar-refractivity contribution >= 4 is 23.2 Å². The number of anilines is 2. The highest BCUT2D eigenvalue weighted by atomic mass is 16.1. The van der Waals surface area contributed by atoms with Gasteiger partial charge in [0.2, 0.25) is 0 Å². The van der Waals surface area contributed by atoms with Gasteiger partial charge in [-0.15, -0.1) is 25.5 Å². The second-order valence-corrected chi connectivity index (χ2v) is 6.48. The first kappa shape index (κ1) is 16.2. The Bertz CT molecular complexity index is 915. The van der Waals surface area contributed by atoms with E-state index in [4.69, 9.17) is 0 Å². The second kappa shape index (κ2) is 6.54. The Morgan fingerprint density at radius 1 is 1.19 bits per heavy atom. The normalized spacial score (nSPS) is 14.3. The Morgan fingerprint density at radius 2 is 2.04 bits per heavy atom. The first-order valence-corrected chi connectivity index (χ1v) is 8.31. The van der Waals surface area contributed by atoms with E-state index in [2.05, 4.69) is 35.7 Å². The van der Waals surface area contributed by atoms with Crippen LogP contribution in [0.3, 0.4) is 0 Å². The number of nitrogens with one attached hydrogen (secondary N) is 1. The van der Waals surface area contributed by atoms with Gasteiger partial charge in [0.15, 0.2) is 17.2 Å². The Kier molecular flexibility index (Phi) is 4.07. The molecule has 4 rings (SSSR count). The van der Waals surface area contributed by atoms with Crippen LogP contribution in [0.4, 0.5) is 11.6 Å². The average molecular weight is 353 g/mol. The molecule has 0 atom stereocenters. The fourth-order valence-corrected chi connectivity index (χ4v) is 2.79. The maximum absolute atomic E-state index is 12.2. The lowest BCUT2D eigenvalue weighted by Gasteiger charge is -2.40. The third kappa shape index (κ3) is 3.13. The number of hydrogen-bond donors (Lipinski definition) is 1. The van der Waals surface area contributed by atoms with Gasteiger partial charge in [-0.2, -0.15) is 4.52 Å². The monoisotopic (exact) mass is 353 g/mol. The number of nitrogens with zero attached hydrogens (tertiary/aromatic N) is 8. The van der Waals surface area contributed by atoms with Gasteiger partial charge in [0.05, 0.1) is 0 Å². The maximum atomic E-state index is 12.2. The largest absolute Gasteiger partial charge is 0.361 e. The number of carbonyl (C=O) groups is 1. The summed E-state index contributed by atoms with van der Waals surface area (Å²) in [5.74, 6) is 1.77. The van der Waals surface area contributed by atoms with Gasteiger partial charge in [0.1, 0.15) is 12.1 Å². The van der Waals surface area contributed by atoms with Crippen LogP contribution in [-0.2, 0) is 0 Å². The summed E-state index contributed by atoms with van der Waals surface area (Å²) in [6.45, 7) is 2.28. The van der Waals surface area contributed by atoms with Gasteiger partial charge < -0.3 is 15.1 Å². The van der Waals surface area contributed by atoms with Gasteiger partial charge in [0.25, 0.3) is 5.91 Å². The van der Waals surface area contributed by atoms with Crippen molar-refractivity contribution in [1.82, 2.24) is 35.3 Å². The zero-order valence-electron chi connectivity index (χ0n) is 14.6. The highest BCUT2D eigenvalue weighted by Gasteiger charge is 2.28. The highest BCUT2D eigenvalue weighted by molar-refractivity contribution is 5.92. The Morgan fingerprint density at radius 3 is 2.77 bits per heavy atom. The average Bonchev–Trinajstić information content (AvgIpc) is 3.08. The van der Waals surface area contributed by atoms with E-state index < -0.39 is 0 Å². The first-order valence-electron chi connectivity index (χ1n) is 8.31. The van der Waals surface area contributed by atoms with Crippen molar-refractivity contribution in [2.24, 2.45) is 5.92 Å². The van der Waals surface area contributed by atoms with Crippen molar-refractivity contribution in [3.8, 4) is 0 Å². The summed E-state index contributed by atoms with van der Waals surface area (Å²) in [4.78, 5) is 16.2. The van der Waals surface area contributed by atoms with Crippen LogP contribution < -0.4 is 15.1 Å². The van der Waals surface area contributed by atoms with Crippen LogP contribution >= 0.6 is 0 Å². The van der Waals surface area contributed by atoms with E-state index in [1.807, 2.05) is 31.1 Å². The lowest BCUT2D eigenvalue weighted by molar-refractivity contribution is 0.0938. The molecule has 1 fully saturated rings. The second-order valence-electron chi connectivity index (χ2n) is 6.48. The highest BCUT2D eigenvalue weighted by Crippen LogP contribution is 2.22. The van der Waals surface area contributed by atoms with Crippen molar-refractivity contribution in [3.63, 3.8) is 0 Å². The van der Waals surface area contributed by atoms with Crippen molar-refractivity contribution < 1.29 is 4.79 Å². The molecule has 0 bridgehead atoms. The molecular formula is C16H19N9O. The summed E-state index contributed by atoms with van der Waals surface area (Å²) >= 11 is 0. The zero-order chi connectivity index (χ0) is 18.1. The van der Waals surface area contributed by atoms with Gasteiger partial charge in [-0.05, 0) is 24.3 Å². The summed E-state index contributed by atoms with van der Waals surface area (Å²) in [5.41, 5.74) is 1.05. The molecule has 10 heteroatoms. The van der Waals surface area contributed by atoms with Gasteiger partial charge in [-0.25, -0.2) is 0 Å². The lowest BCUT2D eigenvalue weighted by atomic mass is 10.0. The van der Waals surface area contributed by atoms with Gasteiger partial charge in [-0.3, -0.25) is 4.79 Å². The quantitative estimate of drug-likeness (QED) is 0.675. The smallest absolute Gasteiger partial charge is 0.271 e. The molecule has 0 radical (unpaired) electrons. The van der Waals surface area contributed by atoms with Crippen LogP contribution in [0.15, 0.2) is 30.6 Å². The van der Waals surface area contributed by atoms with E-state index in [9.17, 15) is 4.79 Å². The SMILES string of the molecule is CN(C)c1ccc(C(=O)NCC2CN(c3ccc4nncn4n3)C2)nn1. The molecule has 0 saturated carbocycles. The molecule has 0 spiro atoms. The summed E-state index contributed by atoms with van der Waals surface area (Å²) in [7, 11) is 3.75. The Labute approximate surface area is 149 Å². The van der Waals surface area contributed by atoms with Gasteiger partial charge in [-0.1, -0.05) is 0 Å². The van der Waals surface area contributed by atoms with E-state index in [0.717, 1.165) is 24.6 Å². The summed E-state index contributed by atoms with van der Waals surface area (Å²) in [6, 6.07) is 7.28. The van der Waals surface area contributed by atoms with Crippen LogP contribution in [0.25, 0.3) is 5.65 Å². The molecule has 1 aliphatic rings. The van der Waals surface area contributed by atoms with E-state index in [1.54, 1.807) is 23.0 Å². The van der Waals surface area contributed by atoms with Crippen LogP contribution in [0, 0.1) is 5.92 Å². The zero-order valence-corrected chi connectivity index (χ0v) is 14.6. The fourth-order valence-electron chi connectivity index (χ4n) is 2.79. The molecule has 26 heavy (non-hydrogen) atoms. The molecule has 1 aliphatic heterocycles. The molecule has 3 aromatic rings. The molecule has 10 nitrogen and oxygen atoms in total. The van der Waals surface area contributed by atoms with Crippen molar-refractivity contribution in [2.45, 2.75) is 0 Å². The number of aromatic nitrogens is 6. The first-order chi connectivity index (χ1) is 12.6.